The van der Waals surface area contributed by atoms with Crippen LogP contribution in [0.4, 0.5) is 0 Å². The molecular formula is C24H28N2O4. The number of amides is 1. The lowest BCUT2D eigenvalue weighted by molar-refractivity contribution is -0.137. The Morgan fingerprint density at radius 3 is 2.97 bits per heavy atom. The lowest BCUT2D eigenvalue weighted by atomic mass is 9.91. The standard InChI is InChI=1S/C24H28N2O4/c1-16-5-4-7-19(25-16)15-28-10-9-18-14-29-23-13-26(12-20(18)23)24(27)22-11-17-6-2-3-8-21(17)30-22/h2-8,18,20,22-23H,9-15H2,1H3/t18-,20-,22-,23-/m0/s1. The fraction of sp³-hybridized carbons (Fsp3) is 0.500. The summed E-state index contributed by atoms with van der Waals surface area (Å²) in [5.41, 5.74) is 3.09. The van der Waals surface area contributed by atoms with Gasteiger partial charge in [0.25, 0.3) is 5.91 Å². The predicted octanol–water partition coefficient (Wildman–Crippen LogP) is 2.77. The molecule has 4 atom stereocenters. The summed E-state index contributed by atoms with van der Waals surface area (Å²) < 4.78 is 17.8. The van der Waals surface area contributed by atoms with Crippen LogP contribution >= 0.6 is 0 Å². The number of nitrogens with zero attached hydrogens (tertiary/aromatic N) is 2. The van der Waals surface area contributed by atoms with E-state index in [1.54, 1.807) is 0 Å². The number of para-hydroxylation sites is 1. The summed E-state index contributed by atoms with van der Waals surface area (Å²) in [5, 5.41) is 0. The molecule has 0 saturated carbocycles. The van der Waals surface area contributed by atoms with Crippen molar-refractivity contribution in [2.45, 2.75) is 38.6 Å². The number of aromatic nitrogens is 1. The van der Waals surface area contributed by atoms with Crippen LogP contribution in [0.2, 0.25) is 0 Å². The first-order valence-corrected chi connectivity index (χ1v) is 10.8. The van der Waals surface area contributed by atoms with Crippen molar-refractivity contribution < 1.29 is 19.0 Å². The molecule has 1 aromatic carbocycles. The van der Waals surface area contributed by atoms with E-state index in [1.165, 1.54) is 0 Å². The first-order valence-electron chi connectivity index (χ1n) is 10.8. The second-order valence-corrected chi connectivity index (χ2v) is 8.57. The van der Waals surface area contributed by atoms with Crippen LogP contribution in [0, 0.1) is 18.8 Å². The molecule has 5 rings (SSSR count). The van der Waals surface area contributed by atoms with E-state index >= 15 is 0 Å². The third-order valence-corrected chi connectivity index (χ3v) is 6.50. The monoisotopic (exact) mass is 408 g/mol. The summed E-state index contributed by atoms with van der Waals surface area (Å²) in [6.07, 6.45) is 1.35. The minimum absolute atomic E-state index is 0.0877. The van der Waals surface area contributed by atoms with Gasteiger partial charge in [-0.1, -0.05) is 24.3 Å². The van der Waals surface area contributed by atoms with Crippen LogP contribution < -0.4 is 4.74 Å². The van der Waals surface area contributed by atoms with Crippen LogP contribution in [0.3, 0.4) is 0 Å². The van der Waals surface area contributed by atoms with Crippen LogP contribution in [0.25, 0.3) is 0 Å². The molecule has 2 saturated heterocycles. The zero-order valence-corrected chi connectivity index (χ0v) is 17.3. The topological polar surface area (TPSA) is 60.9 Å². The lowest BCUT2D eigenvalue weighted by Crippen LogP contribution is -2.41. The van der Waals surface area contributed by atoms with Crippen molar-refractivity contribution in [2.75, 3.05) is 26.3 Å². The molecule has 3 aliphatic heterocycles. The van der Waals surface area contributed by atoms with Gasteiger partial charge in [0.05, 0.1) is 25.0 Å². The molecule has 2 fully saturated rings. The van der Waals surface area contributed by atoms with Gasteiger partial charge in [-0.2, -0.15) is 0 Å². The largest absolute Gasteiger partial charge is 0.480 e. The van der Waals surface area contributed by atoms with Gasteiger partial charge >= 0.3 is 0 Å². The van der Waals surface area contributed by atoms with Crippen molar-refractivity contribution in [3.8, 4) is 5.75 Å². The lowest BCUT2D eigenvalue weighted by Gasteiger charge is -2.22. The van der Waals surface area contributed by atoms with E-state index in [4.69, 9.17) is 14.2 Å². The maximum Gasteiger partial charge on any atom is 0.264 e. The van der Waals surface area contributed by atoms with E-state index in [0.717, 1.165) is 42.3 Å². The van der Waals surface area contributed by atoms with Crippen LogP contribution in [-0.4, -0.2) is 54.3 Å². The number of carbonyl (C=O) groups excluding carboxylic acids is 1. The molecule has 3 aliphatic rings. The number of hydrogen-bond acceptors (Lipinski definition) is 5. The molecule has 0 bridgehead atoms. The summed E-state index contributed by atoms with van der Waals surface area (Å²) in [5.74, 6) is 1.74. The molecule has 0 aliphatic carbocycles. The predicted molar refractivity (Wildman–Crippen MR) is 111 cm³/mol. The van der Waals surface area contributed by atoms with E-state index in [-0.39, 0.29) is 12.0 Å². The fourth-order valence-corrected chi connectivity index (χ4v) is 4.89. The Kier molecular flexibility index (Phi) is 5.44. The van der Waals surface area contributed by atoms with Gasteiger partial charge in [0.1, 0.15) is 5.75 Å². The quantitative estimate of drug-likeness (QED) is 0.688. The summed E-state index contributed by atoms with van der Waals surface area (Å²) >= 11 is 0. The van der Waals surface area contributed by atoms with E-state index in [9.17, 15) is 4.79 Å². The molecule has 6 heteroatoms. The number of aryl methyl sites for hydroxylation is 1. The van der Waals surface area contributed by atoms with Gasteiger partial charge in [0.15, 0.2) is 6.10 Å². The highest BCUT2D eigenvalue weighted by molar-refractivity contribution is 5.83. The molecule has 30 heavy (non-hydrogen) atoms. The van der Waals surface area contributed by atoms with Crippen molar-refractivity contribution in [1.82, 2.24) is 9.88 Å². The van der Waals surface area contributed by atoms with Gasteiger partial charge in [0, 0.05) is 37.7 Å². The van der Waals surface area contributed by atoms with E-state index in [0.29, 0.717) is 38.0 Å². The number of hydrogen-bond donors (Lipinski definition) is 0. The molecule has 158 valence electrons. The summed E-state index contributed by atoms with van der Waals surface area (Å²) in [6.45, 7) is 5.39. The number of rotatable bonds is 6. The average molecular weight is 408 g/mol. The van der Waals surface area contributed by atoms with Crippen LogP contribution in [-0.2, 0) is 27.3 Å². The number of ether oxygens (including phenoxy) is 3. The minimum atomic E-state index is -0.398. The van der Waals surface area contributed by atoms with E-state index in [1.807, 2.05) is 54.3 Å². The highest BCUT2D eigenvalue weighted by Crippen LogP contribution is 2.37. The molecule has 2 aromatic rings. The van der Waals surface area contributed by atoms with Crippen molar-refractivity contribution >= 4 is 5.91 Å². The number of fused-ring (bicyclic) bond motifs is 2. The van der Waals surface area contributed by atoms with Gasteiger partial charge < -0.3 is 19.1 Å². The molecule has 0 unspecified atom stereocenters. The Balaban J connectivity index is 1.10. The zero-order chi connectivity index (χ0) is 20.5. The third kappa shape index (κ3) is 3.94. The number of pyridine rings is 1. The molecule has 0 spiro atoms. The minimum Gasteiger partial charge on any atom is -0.480 e. The molecule has 0 N–H and O–H groups in total. The molecule has 1 aromatic heterocycles. The highest BCUT2D eigenvalue weighted by atomic mass is 16.5. The third-order valence-electron chi connectivity index (χ3n) is 6.50. The SMILES string of the molecule is Cc1cccc(COCC[C@H]2CO[C@H]3CN(C(=O)[C@@H]4Cc5ccccc5O4)C[C@@H]23)n1. The van der Waals surface area contributed by atoms with Gasteiger partial charge in [-0.15, -0.1) is 0 Å². The van der Waals surface area contributed by atoms with Gasteiger partial charge in [0.2, 0.25) is 0 Å². The molecule has 6 nitrogen and oxygen atoms in total. The summed E-state index contributed by atoms with van der Waals surface area (Å²) in [6, 6.07) is 13.9. The fourth-order valence-electron chi connectivity index (χ4n) is 4.89. The second kappa shape index (κ2) is 8.36. The van der Waals surface area contributed by atoms with Crippen molar-refractivity contribution in [2.24, 2.45) is 11.8 Å². The highest BCUT2D eigenvalue weighted by Gasteiger charge is 2.46. The second-order valence-electron chi connectivity index (χ2n) is 8.57. The van der Waals surface area contributed by atoms with Crippen molar-refractivity contribution in [3.63, 3.8) is 0 Å². The number of likely N-dealkylation sites (tertiary alicyclic amines) is 1. The average Bonchev–Trinajstić information content (AvgIpc) is 3.45. The normalized spacial score (nSPS) is 27.0. The Morgan fingerprint density at radius 1 is 1.20 bits per heavy atom. The first kappa shape index (κ1) is 19.5. The molecule has 0 radical (unpaired) electrons. The van der Waals surface area contributed by atoms with E-state index in [2.05, 4.69) is 4.98 Å². The number of benzene rings is 1. The zero-order valence-electron chi connectivity index (χ0n) is 17.3. The summed E-state index contributed by atoms with van der Waals surface area (Å²) in [4.78, 5) is 19.4. The Hall–Kier alpha value is -2.44. The smallest absolute Gasteiger partial charge is 0.264 e. The van der Waals surface area contributed by atoms with Crippen molar-refractivity contribution in [1.29, 1.82) is 0 Å². The first-order chi connectivity index (χ1) is 14.7. The van der Waals surface area contributed by atoms with Crippen molar-refractivity contribution in [3.05, 3.63) is 59.4 Å². The Labute approximate surface area is 177 Å². The maximum absolute atomic E-state index is 13.0. The van der Waals surface area contributed by atoms with Crippen LogP contribution in [0.5, 0.6) is 5.75 Å². The van der Waals surface area contributed by atoms with Gasteiger partial charge in [-0.3, -0.25) is 9.78 Å². The molecule has 1 amide bonds. The molecular weight excluding hydrogens is 380 g/mol. The maximum atomic E-state index is 13.0. The number of carbonyl (C=O) groups is 1. The van der Waals surface area contributed by atoms with Gasteiger partial charge in [-0.05, 0) is 43.0 Å². The van der Waals surface area contributed by atoms with E-state index < -0.39 is 6.10 Å². The summed E-state index contributed by atoms with van der Waals surface area (Å²) in [7, 11) is 0. The van der Waals surface area contributed by atoms with Crippen LogP contribution in [0.15, 0.2) is 42.5 Å². The molecule has 4 heterocycles. The van der Waals surface area contributed by atoms with Gasteiger partial charge in [-0.25, -0.2) is 0 Å². The van der Waals surface area contributed by atoms with Crippen LogP contribution in [0.1, 0.15) is 23.4 Å². The Bertz CT molecular complexity index is 893. The Morgan fingerprint density at radius 2 is 2.10 bits per heavy atom.